The number of aliphatic hydroxyl groups is 1. The van der Waals surface area contributed by atoms with E-state index in [1.165, 1.54) is 0 Å². The van der Waals surface area contributed by atoms with Crippen molar-refractivity contribution in [1.29, 1.82) is 0 Å². The molecule has 170 valence electrons. The van der Waals surface area contributed by atoms with Gasteiger partial charge in [0.25, 0.3) is 0 Å². The normalized spacial score (nSPS) is 10.9. The molecule has 0 aliphatic rings. The van der Waals surface area contributed by atoms with Crippen LogP contribution in [0.15, 0.2) is 48.5 Å². The number of nitrogens with zero attached hydrogens (tertiary/aromatic N) is 3. The number of carboxylic acids is 1. The van der Waals surface area contributed by atoms with Crippen LogP contribution in [0.3, 0.4) is 0 Å². The topological polar surface area (TPSA) is 88.2 Å². The molecule has 6 nitrogen and oxygen atoms in total. The van der Waals surface area contributed by atoms with Crippen molar-refractivity contribution in [2.75, 3.05) is 0 Å². The third kappa shape index (κ3) is 5.48. The maximum Gasteiger partial charge on any atom is 1.00 e. The number of aromatic carboxylic acids is 1. The molecule has 2 aromatic carbocycles. The first kappa shape index (κ1) is 26.7. The van der Waals surface area contributed by atoms with E-state index in [4.69, 9.17) is 23.2 Å². The number of imidazole rings is 1. The van der Waals surface area contributed by atoms with Gasteiger partial charge in [0.1, 0.15) is 5.82 Å². The molecule has 34 heavy (non-hydrogen) atoms. The first-order valence-electron chi connectivity index (χ1n) is 10.7. The summed E-state index contributed by atoms with van der Waals surface area (Å²) in [6, 6.07) is 14.2. The summed E-state index contributed by atoms with van der Waals surface area (Å²) in [6.45, 7) is 2.41. The van der Waals surface area contributed by atoms with Crippen molar-refractivity contribution in [1.82, 2.24) is 14.5 Å². The van der Waals surface area contributed by atoms with E-state index >= 15 is 0 Å². The molecule has 0 aliphatic carbocycles. The van der Waals surface area contributed by atoms with Gasteiger partial charge >= 0.3 is 35.5 Å². The SMILES string of the molecule is CCCCc1nc(Cl)c(CO)n1Cc1ccc2nc(-c3ccccc3C(=O)O)cc(Cl)c2c1.[Na+]. The number of pyridine rings is 1. The Balaban J connectivity index is 0.00000324. The van der Waals surface area contributed by atoms with Crippen LogP contribution in [0.1, 0.15) is 47.2 Å². The molecule has 2 heterocycles. The molecule has 0 radical (unpaired) electrons. The number of carboxylic acid groups (broad SMARTS) is 1. The predicted octanol–water partition coefficient (Wildman–Crippen LogP) is 2.99. The summed E-state index contributed by atoms with van der Waals surface area (Å²) < 4.78 is 1.96. The van der Waals surface area contributed by atoms with Crippen LogP contribution < -0.4 is 29.6 Å². The Labute approximate surface area is 229 Å². The number of hydrogen-bond acceptors (Lipinski definition) is 4. The van der Waals surface area contributed by atoms with E-state index in [1.807, 2.05) is 22.8 Å². The Morgan fingerprint density at radius 3 is 2.56 bits per heavy atom. The van der Waals surface area contributed by atoms with Crippen LogP contribution in [0, 0.1) is 0 Å². The van der Waals surface area contributed by atoms with E-state index in [-0.39, 0.29) is 41.7 Å². The van der Waals surface area contributed by atoms with E-state index < -0.39 is 5.97 Å². The molecule has 4 rings (SSSR count). The third-order valence-corrected chi connectivity index (χ3v) is 6.22. The number of aryl methyl sites for hydroxylation is 1. The Hall–Kier alpha value is -1.93. The van der Waals surface area contributed by atoms with Crippen molar-refractivity contribution in [3.63, 3.8) is 0 Å². The fourth-order valence-electron chi connectivity index (χ4n) is 3.91. The molecule has 0 atom stereocenters. The molecule has 0 unspecified atom stereocenters. The van der Waals surface area contributed by atoms with Gasteiger partial charge in [-0.25, -0.2) is 14.8 Å². The maximum absolute atomic E-state index is 11.6. The molecule has 0 fully saturated rings. The summed E-state index contributed by atoms with van der Waals surface area (Å²) in [6.07, 6.45) is 2.79. The summed E-state index contributed by atoms with van der Waals surface area (Å²) >= 11 is 12.9. The van der Waals surface area contributed by atoms with Gasteiger partial charge in [-0.15, -0.1) is 0 Å². The van der Waals surface area contributed by atoms with Crippen molar-refractivity contribution in [3.05, 3.63) is 81.4 Å². The maximum atomic E-state index is 11.6. The van der Waals surface area contributed by atoms with Gasteiger partial charge in [-0.1, -0.05) is 60.8 Å². The third-order valence-electron chi connectivity index (χ3n) is 5.60. The number of fused-ring (bicyclic) bond motifs is 1. The molecule has 9 heteroatoms. The Morgan fingerprint density at radius 2 is 1.85 bits per heavy atom. The molecule has 2 N–H and O–H groups in total. The van der Waals surface area contributed by atoms with Crippen LogP contribution >= 0.6 is 23.2 Å². The van der Waals surface area contributed by atoms with Crippen LogP contribution in [-0.2, 0) is 19.6 Å². The second kappa shape index (κ2) is 11.7. The van der Waals surface area contributed by atoms with Crippen molar-refractivity contribution < 1.29 is 44.6 Å². The van der Waals surface area contributed by atoms with Crippen molar-refractivity contribution in [2.24, 2.45) is 0 Å². The number of halogens is 2. The van der Waals surface area contributed by atoms with E-state index in [0.717, 1.165) is 36.0 Å². The smallest absolute Gasteiger partial charge is 0.478 e. The van der Waals surface area contributed by atoms with Gasteiger partial charge in [0.2, 0.25) is 0 Å². The second-order valence-electron chi connectivity index (χ2n) is 7.80. The van der Waals surface area contributed by atoms with Crippen LogP contribution in [-0.4, -0.2) is 30.7 Å². The summed E-state index contributed by atoms with van der Waals surface area (Å²) in [4.78, 5) is 20.7. The number of benzene rings is 2. The minimum absolute atomic E-state index is 0. The largest absolute Gasteiger partial charge is 1.00 e. The van der Waals surface area contributed by atoms with Crippen molar-refractivity contribution in [2.45, 2.75) is 39.3 Å². The Bertz CT molecular complexity index is 1340. The Kier molecular flexibility index (Phi) is 9.15. The number of unbranched alkanes of at least 4 members (excludes halogenated alkanes) is 1. The fraction of sp³-hybridized carbons (Fsp3) is 0.240. The van der Waals surface area contributed by atoms with Crippen molar-refractivity contribution in [3.8, 4) is 11.3 Å². The average Bonchev–Trinajstić information content (AvgIpc) is 3.11. The van der Waals surface area contributed by atoms with Crippen LogP contribution in [0.5, 0.6) is 0 Å². The molecule has 0 aliphatic heterocycles. The molecule has 4 aromatic rings. The quantitative estimate of drug-likeness (QED) is 0.358. The molecule has 0 saturated heterocycles. The summed E-state index contributed by atoms with van der Waals surface area (Å²) in [5.41, 5.74) is 3.41. The average molecular weight is 507 g/mol. The molecular formula is C25H23Cl2N3NaO3+. The number of rotatable bonds is 8. The summed E-state index contributed by atoms with van der Waals surface area (Å²) in [7, 11) is 0. The first-order valence-corrected chi connectivity index (χ1v) is 11.4. The van der Waals surface area contributed by atoms with Gasteiger partial charge in [0, 0.05) is 23.9 Å². The summed E-state index contributed by atoms with van der Waals surface area (Å²) in [5.74, 6) is -0.174. The number of aliphatic hydroxyl groups excluding tert-OH is 1. The van der Waals surface area contributed by atoms with E-state index in [2.05, 4.69) is 16.9 Å². The molecule has 0 spiro atoms. The van der Waals surface area contributed by atoms with Crippen LogP contribution in [0.25, 0.3) is 22.2 Å². The van der Waals surface area contributed by atoms with E-state index in [1.54, 1.807) is 30.3 Å². The van der Waals surface area contributed by atoms with Crippen LogP contribution in [0.2, 0.25) is 10.2 Å². The summed E-state index contributed by atoms with van der Waals surface area (Å²) in [5, 5.41) is 20.9. The zero-order valence-electron chi connectivity index (χ0n) is 19.1. The second-order valence-corrected chi connectivity index (χ2v) is 8.57. The number of carbonyl (C=O) groups is 1. The van der Waals surface area contributed by atoms with Gasteiger partial charge < -0.3 is 14.8 Å². The van der Waals surface area contributed by atoms with Gasteiger partial charge in [0.15, 0.2) is 5.15 Å². The van der Waals surface area contributed by atoms with Crippen LogP contribution in [0.4, 0.5) is 0 Å². The number of hydrogen-bond donors (Lipinski definition) is 2. The predicted molar refractivity (Wildman–Crippen MR) is 130 cm³/mol. The zero-order chi connectivity index (χ0) is 23.5. The van der Waals surface area contributed by atoms with Gasteiger partial charge in [-0.05, 0) is 36.2 Å². The zero-order valence-corrected chi connectivity index (χ0v) is 22.6. The molecule has 2 aromatic heterocycles. The monoisotopic (exact) mass is 506 g/mol. The standard InChI is InChI=1S/C25H23Cl2N3O3.Na/c1-2-3-8-23-29-24(27)22(14-31)30(23)13-15-9-10-20-18(11-15)19(26)12-21(28-20)16-6-4-5-7-17(16)25(32)33;/h4-7,9-12,31H,2-3,8,13-14H2,1H3,(H,32,33);/q;+1. The van der Waals surface area contributed by atoms with Gasteiger partial charge in [0.05, 0.1) is 34.1 Å². The first-order chi connectivity index (χ1) is 15.9. The van der Waals surface area contributed by atoms with Crippen molar-refractivity contribution >= 4 is 40.1 Å². The van der Waals surface area contributed by atoms with E-state index in [9.17, 15) is 15.0 Å². The molecule has 0 saturated carbocycles. The molecule has 0 bridgehead atoms. The Morgan fingerprint density at radius 1 is 1.09 bits per heavy atom. The molecule has 0 amide bonds. The number of aromatic nitrogens is 3. The van der Waals surface area contributed by atoms with Gasteiger partial charge in [-0.3, -0.25) is 0 Å². The molecular weight excluding hydrogens is 484 g/mol. The fourth-order valence-corrected chi connectivity index (χ4v) is 4.43. The van der Waals surface area contributed by atoms with E-state index in [0.29, 0.717) is 39.2 Å². The minimum Gasteiger partial charge on any atom is -0.478 e. The minimum atomic E-state index is -1.02. The van der Waals surface area contributed by atoms with Gasteiger partial charge in [-0.2, -0.15) is 0 Å².